The Balaban J connectivity index is 1.74. The van der Waals surface area contributed by atoms with Crippen LogP contribution in [0.2, 0.25) is 0 Å². The molecule has 2 atom stereocenters. The summed E-state index contributed by atoms with van der Waals surface area (Å²) in [6.07, 6.45) is 1.80. The summed E-state index contributed by atoms with van der Waals surface area (Å²) >= 11 is 10.9. The van der Waals surface area contributed by atoms with Crippen LogP contribution in [0.5, 0.6) is 0 Å². The lowest BCUT2D eigenvalue weighted by Gasteiger charge is -2.27. The van der Waals surface area contributed by atoms with E-state index in [1.807, 2.05) is 42.5 Å². The Morgan fingerprint density at radius 1 is 1.29 bits per heavy atom. The Hall–Kier alpha value is -2.29. The van der Waals surface area contributed by atoms with Crippen LogP contribution in [-0.4, -0.2) is 16.0 Å². The minimum Gasteiger partial charge on any atom is -0.351 e. The molecule has 1 amide bonds. The highest BCUT2D eigenvalue weighted by Gasteiger charge is 2.41. The third kappa shape index (κ3) is 3.80. The molecule has 0 radical (unpaired) electrons. The molecule has 1 saturated heterocycles. The van der Waals surface area contributed by atoms with E-state index in [0.29, 0.717) is 5.11 Å². The van der Waals surface area contributed by atoms with E-state index in [2.05, 4.69) is 47.9 Å². The predicted octanol–water partition coefficient (Wildman–Crippen LogP) is 5.04. The number of carbonyl (C=O) groups excluding carboxylic acids is 1. The molecule has 1 aromatic carbocycles. The van der Waals surface area contributed by atoms with E-state index < -0.39 is 0 Å². The molecule has 4 rings (SSSR count). The van der Waals surface area contributed by atoms with Crippen molar-refractivity contribution < 1.29 is 4.79 Å². The fraction of sp³-hybridized carbons (Fsp3) is 0.150. The summed E-state index contributed by atoms with van der Waals surface area (Å²) < 4.78 is 1.05. The molecule has 3 heterocycles. The lowest BCUT2D eigenvalue weighted by Crippen LogP contribution is -2.29. The van der Waals surface area contributed by atoms with Crippen molar-refractivity contribution in [2.24, 2.45) is 0 Å². The average Bonchev–Trinajstić information content (AvgIpc) is 3.26. The number of rotatable bonds is 4. The fourth-order valence-corrected chi connectivity index (χ4v) is 5.23. The van der Waals surface area contributed by atoms with Gasteiger partial charge in [-0.05, 0) is 70.6 Å². The van der Waals surface area contributed by atoms with Gasteiger partial charge in [-0.25, -0.2) is 0 Å². The van der Waals surface area contributed by atoms with Crippen LogP contribution in [0.25, 0.3) is 0 Å². The van der Waals surface area contributed by atoms with E-state index in [-0.39, 0.29) is 18.0 Å². The van der Waals surface area contributed by atoms with Crippen LogP contribution in [0.1, 0.15) is 29.6 Å². The minimum absolute atomic E-state index is 0.0229. The van der Waals surface area contributed by atoms with Crippen molar-refractivity contribution in [3.63, 3.8) is 0 Å². The first-order valence-corrected chi connectivity index (χ1v) is 10.7. The van der Waals surface area contributed by atoms with Gasteiger partial charge in [-0.1, -0.05) is 6.07 Å². The molecule has 0 saturated carbocycles. The molecule has 0 spiro atoms. The minimum atomic E-state index is -0.0948. The summed E-state index contributed by atoms with van der Waals surface area (Å²) in [5.74, 6) is -0.0948. The van der Waals surface area contributed by atoms with Crippen LogP contribution in [0.3, 0.4) is 0 Å². The first-order chi connectivity index (χ1) is 13.5. The zero-order valence-electron chi connectivity index (χ0n) is 14.9. The first-order valence-electron chi connectivity index (χ1n) is 8.65. The monoisotopic (exact) mass is 472 g/mol. The molecule has 8 heteroatoms. The van der Waals surface area contributed by atoms with Crippen molar-refractivity contribution in [2.45, 2.75) is 19.0 Å². The maximum Gasteiger partial charge on any atom is 0.221 e. The van der Waals surface area contributed by atoms with Gasteiger partial charge < -0.3 is 15.5 Å². The smallest absolute Gasteiger partial charge is 0.221 e. The number of amides is 1. The van der Waals surface area contributed by atoms with E-state index in [4.69, 9.17) is 12.2 Å². The number of thiocarbonyl (C=S) groups is 1. The van der Waals surface area contributed by atoms with Crippen LogP contribution in [0.4, 0.5) is 11.4 Å². The van der Waals surface area contributed by atoms with E-state index in [1.165, 1.54) is 11.8 Å². The molecule has 142 valence electrons. The highest BCUT2D eigenvalue weighted by molar-refractivity contribution is 9.10. The van der Waals surface area contributed by atoms with Crippen LogP contribution in [0, 0.1) is 0 Å². The van der Waals surface area contributed by atoms with Crippen LogP contribution in [0.15, 0.2) is 64.6 Å². The molecule has 3 aromatic rings. The second kappa shape index (κ2) is 7.98. The zero-order chi connectivity index (χ0) is 19.7. The lowest BCUT2D eigenvalue weighted by atomic mass is 10.0. The van der Waals surface area contributed by atoms with Gasteiger partial charge in [0.05, 0.1) is 17.8 Å². The van der Waals surface area contributed by atoms with Crippen molar-refractivity contribution in [1.82, 2.24) is 10.3 Å². The van der Waals surface area contributed by atoms with Crippen molar-refractivity contribution in [2.75, 3.05) is 10.2 Å². The Morgan fingerprint density at radius 3 is 2.68 bits per heavy atom. The van der Waals surface area contributed by atoms with E-state index in [0.717, 1.165) is 21.5 Å². The van der Waals surface area contributed by atoms with Gasteiger partial charge in [-0.15, -0.1) is 11.3 Å². The topological polar surface area (TPSA) is 57.3 Å². The SMILES string of the molecule is CC(=O)Nc1ccc(N2C(=S)NC(c3ccccn3)C2c2cc(Br)cs2)cc1. The number of carbonyl (C=O) groups is 1. The van der Waals surface area contributed by atoms with Gasteiger partial charge in [0.2, 0.25) is 5.91 Å². The maximum absolute atomic E-state index is 11.3. The Kier molecular flexibility index (Phi) is 5.43. The number of thiophene rings is 1. The molecule has 1 aliphatic heterocycles. The third-order valence-electron chi connectivity index (χ3n) is 4.44. The van der Waals surface area contributed by atoms with Gasteiger partial charge in [0, 0.05) is 39.2 Å². The van der Waals surface area contributed by atoms with Crippen molar-refractivity contribution in [1.29, 1.82) is 0 Å². The molecular weight excluding hydrogens is 456 g/mol. The summed E-state index contributed by atoms with van der Waals surface area (Å²) in [6, 6.07) is 15.7. The number of hydrogen-bond acceptors (Lipinski definition) is 4. The second-order valence-corrected chi connectivity index (χ2v) is 8.64. The molecule has 5 nitrogen and oxygen atoms in total. The number of halogens is 1. The highest BCUT2D eigenvalue weighted by atomic mass is 79.9. The van der Waals surface area contributed by atoms with Crippen molar-refractivity contribution >= 4 is 61.9 Å². The Morgan fingerprint density at radius 2 is 2.07 bits per heavy atom. The van der Waals surface area contributed by atoms with E-state index in [9.17, 15) is 4.79 Å². The molecule has 2 N–H and O–H groups in total. The van der Waals surface area contributed by atoms with Gasteiger partial charge in [-0.3, -0.25) is 9.78 Å². The number of hydrogen-bond donors (Lipinski definition) is 2. The molecule has 2 aromatic heterocycles. The van der Waals surface area contributed by atoms with Crippen LogP contribution >= 0.6 is 39.5 Å². The molecule has 1 aliphatic rings. The van der Waals surface area contributed by atoms with Gasteiger partial charge >= 0.3 is 0 Å². The average molecular weight is 473 g/mol. The Labute approximate surface area is 180 Å². The number of nitrogens with zero attached hydrogens (tertiary/aromatic N) is 2. The van der Waals surface area contributed by atoms with Gasteiger partial charge in [0.15, 0.2) is 5.11 Å². The van der Waals surface area contributed by atoms with Gasteiger partial charge in [0.25, 0.3) is 0 Å². The predicted molar refractivity (Wildman–Crippen MR) is 121 cm³/mol. The summed E-state index contributed by atoms with van der Waals surface area (Å²) in [5.41, 5.74) is 2.65. The molecular formula is C20H17BrN4OS2. The van der Waals surface area contributed by atoms with Gasteiger partial charge in [-0.2, -0.15) is 0 Å². The number of nitrogens with one attached hydrogen (secondary N) is 2. The van der Waals surface area contributed by atoms with Crippen LogP contribution < -0.4 is 15.5 Å². The van der Waals surface area contributed by atoms with Crippen LogP contribution in [-0.2, 0) is 4.79 Å². The molecule has 0 bridgehead atoms. The molecule has 28 heavy (non-hydrogen) atoms. The Bertz CT molecular complexity index is 1010. The summed E-state index contributed by atoms with van der Waals surface area (Å²) in [6.45, 7) is 1.50. The standard InChI is InChI=1S/C20H17BrN4OS2/c1-12(26)23-14-5-7-15(8-6-14)25-19(17-10-13(21)11-28-17)18(24-20(25)27)16-4-2-3-9-22-16/h2-11,18-19H,1H3,(H,23,26)(H,24,27). The quantitative estimate of drug-likeness (QED) is 0.520. The molecule has 0 aliphatic carbocycles. The fourth-order valence-electron chi connectivity index (χ4n) is 3.31. The molecule has 1 fully saturated rings. The third-order valence-corrected chi connectivity index (χ3v) is 6.52. The van der Waals surface area contributed by atoms with E-state index in [1.54, 1.807) is 17.5 Å². The summed E-state index contributed by atoms with van der Waals surface area (Å²) in [4.78, 5) is 19.1. The van der Waals surface area contributed by atoms with Crippen molar-refractivity contribution in [3.8, 4) is 0 Å². The highest BCUT2D eigenvalue weighted by Crippen LogP contribution is 2.44. The number of aromatic nitrogens is 1. The largest absolute Gasteiger partial charge is 0.351 e. The number of anilines is 2. The summed E-state index contributed by atoms with van der Waals surface area (Å²) in [5, 5.41) is 8.96. The maximum atomic E-state index is 11.3. The summed E-state index contributed by atoms with van der Waals surface area (Å²) in [7, 11) is 0. The zero-order valence-corrected chi connectivity index (χ0v) is 18.1. The number of pyridine rings is 1. The normalized spacial score (nSPS) is 18.8. The van der Waals surface area contributed by atoms with E-state index >= 15 is 0 Å². The lowest BCUT2D eigenvalue weighted by molar-refractivity contribution is -0.114. The molecule has 2 unspecified atom stereocenters. The van der Waals surface area contributed by atoms with Gasteiger partial charge in [0.1, 0.15) is 0 Å². The first kappa shape index (κ1) is 19.0. The second-order valence-electron chi connectivity index (χ2n) is 6.39. The van der Waals surface area contributed by atoms with Crippen molar-refractivity contribution in [3.05, 3.63) is 75.2 Å². The number of benzene rings is 1.